The number of hydrogen-bond acceptors (Lipinski definition) is 6. The van der Waals surface area contributed by atoms with Gasteiger partial charge in [0, 0.05) is 5.41 Å². The monoisotopic (exact) mass is 282 g/mol. The fraction of sp³-hybridized carbons (Fsp3) is 0.625. The average Bonchev–Trinajstić information content (AvgIpc) is 2.25. The summed E-state index contributed by atoms with van der Waals surface area (Å²) in [7, 11) is 1.37. The molecule has 9 heteroatoms. The van der Waals surface area contributed by atoms with Gasteiger partial charge < -0.3 is 9.84 Å². The molecule has 0 aromatic heterocycles. The first-order valence-electron chi connectivity index (χ1n) is 4.44. The van der Waals surface area contributed by atoms with E-state index in [1.54, 1.807) is 20.8 Å². The van der Waals surface area contributed by atoms with Crippen molar-refractivity contribution in [2.45, 2.75) is 20.8 Å². The summed E-state index contributed by atoms with van der Waals surface area (Å²) in [6.45, 7) is 5.27. The van der Waals surface area contributed by atoms with E-state index in [1.807, 2.05) is 5.43 Å². The molecule has 0 unspecified atom stereocenters. The second-order valence-corrected chi connectivity index (χ2v) is 4.58. The molecule has 100 valence electrons. The number of ether oxygens (including phenoxy) is 1. The number of rotatable bonds is 0. The lowest BCUT2D eigenvalue weighted by Gasteiger charge is -2.24. The molecule has 0 aromatic carbocycles. The van der Waals surface area contributed by atoms with Gasteiger partial charge >= 0.3 is 0 Å². The van der Waals surface area contributed by atoms with Gasteiger partial charge in [0.05, 0.1) is 7.11 Å². The van der Waals surface area contributed by atoms with Gasteiger partial charge in [-0.3, -0.25) is 10.2 Å². The first kappa shape index (κ1) is 18.3. The predicted octanol–water partition coefficient (Wildman–Crippen LogP) is -0.0413. The average molecular weight is 282 g/mol. The lowest BCUT2D eigenvalue weighted by atomic mass is 9.96. The minimum Gasteiger partial charge on any atom is -0.486 e. The Morgan fingerprint density at radius 1 is 1.41 bits per heavy atom. The number of nitrogens with one attached hydrogen (secondary N) is 1. The molecule has 1 amide bonds. The minimum atomic E-state index is -0.544. The maximum atomic E-state index is 11.4. The van der Waals surface area contributed by atoms with E-state index in [1.165, 1.54) is 7.11 Å². The molecule has 0 heterocycles. The Labute approximate surface area is 111 Å². The second-order valence-electron chi connectivity index (χ2n) is 3.84. The zero-order chi connectivity index (χ0) is 14.2. The Kier molecular flexibility index (Phi) is 8.76. The first-order chi connectivity index (χ1) is 7.57. The van der Waals surface area contributed by atoms with E-state index in [0.29, 0.717) is 0 Å². The summed E-state index contributed by atoms with van der Waals surface area (Å²) in [6.07, 6.45) is 0. The standard InChI is InChI=1S/C7H14N2O2S.CH4N2OS/c1-7(2,3)5(10)9(8)6(12)11-4;2-3-1(4)5/h8H2,1-4H3;2H2,(H2,3,4,5). The van der Waals surface area contributed by atoms with E-state index in [0.717, 1.165) is 5.01 Å². The van der Waals surface area contributed by atoms with Crippen LogP contribution in [-0.4, -0.2) is 33.5 Å². The van der Waals surface area contributed by atoms with Crippen LogP contribution in [0.5, 0.6) is 0 Å². The molecule has 7 nitrogen and oxygen atoms in total. The summed E-state index contributed by atoms with van der Waals surface area (Å²) in [4.78, 5) is 11.4. The van der Waals surface area contributed by atoms with Crippen molar-refractivity contribution in [3.8, 4) is 0 Å². The third-order valence-corrected chi connectivity index (χ3v) is 1.84. The van der Waals surface area contributed by atoms with Gasteiger partial charge in [-0.05, 0) is 24.4 Å². The Bertz CT molecular complexity index is 291. The number of methoxy groups -OCH3 is 1. The molecule has 0 atom stereocenters. The van der Waals surface area contributed by atoms with Gasteiger partial charge in [-0.15, -0.1) is 0 Å². The number of amides is 1. The van der Waals surface area contributed by atoms with Crippen molar-refractivity contribution in [3.63, 3.8) is 0 Å². The zero-order valence-corrected chi connectivity index (χ0v) is 11.8. The third-order valence-electron chi connectivity index (χ3n) is 1.36. The van der Waals surface area contributed by atoms with Gasteiger partial charge in [0.2, 0.25) is 5.91 Å². The van der Waals surface area contributed by atoms with Gasteiger partial charge in [0.15, 0.2) is 0 Å². The molecule has 0 radical (unpaired) electrons. The van der Waals surface area contributed by atoms with Gasteiger partial charge in [0.1, 0.15) is 0 Å². The van der Waals surface area contributed by atoms with E-state index < -0.39 is 5.41 Å². The molecule has 0 aliphatic carbocycles. The minimum absolute atomic E-state index is 0.0186. The van der Waals surface area contributed by atoms with Crippen molar-refractivity contribution < 1.29 is 14.6 Å². The highest BCUT2D eigenvalue weighted by Crippen LogP contribution is 2.15. The molecule has 0 bridgehead atoms. The van der Waals surface area contributed by atoms with Crippen LogP contribution in [-0.2, 0) is 9.53 Å². The molecule has 0 saturated heterocycles. The number of hydrazine groups is 2. The molecule has 0 aromatic rings. The predicted molar refractivity (Wildman–Crippen MR) is 72.6 cm³/mol. The van der Waals surface area contributed by atoms with Crippen LogP contribution in [0, 0.1) is 5.41 Å². The van der Waals surface area contributed by atoms with Crippen molar-refractivity contribution in [1.29, 1.82) is 0 Å². The SMILES string of the molecule is COC(=S)N(N)C(=O)C(C)(C)C.NNC(O)=S. The Morgan fingerprint density at radius 3 is 1.94 bits per heavy atom. The summed E-state index contributed by atoms with van der Waals surface area (Å²) < 4.78 is 4.64. The van der Waals surface area contributed by atoms with Crippen LogP contribution in [0.25, 0.3) is 0 Å². The molecular formula is C8H18N4O3S2. The highest BCUT2D eigenvalue weighted by Gasteiger charge is 2.28. The number of carbonyl (C=O) groups is 1. The lowest BCUT2D eigenvalue weighted by molar-refractivity contribution is -0.136. The van der Waals surface area contributed by atoms with E-state index in [2.05, 4.69) is 35.0 Å². The molecule has 17 heavy (non-hydrogen) atoms. The number of nitrogens with zero attached hydrogens (tertiary/aromatic N) is 1. The van der Waals surface area contributed by atoms with Crippen LogP contribution in [0.1, 0.15) is 20.8 Å². The maximum Gasteiger partial charge on any atom is 0.280 e. The second kappa shape index (κ2) is 8.12. The number of carbonyl (C=O) groups excluding carboxylic acids is 1. The summed E-state index contributed by atoms with van der Waals surface area (Å²) >= 11 is 8.70. The Morgan fingerprint density at radius 2 is 1.76 bits per heavy atom. The highest BCUT2D eigenvalue weighted by atomic mass is 32.1. The third kappa shape index (κ3) is 8.74. The fourth-order valence-electron chi connectivity index (χ4n) is 0.543. The summed E-state index contributed by atoms with van der Waals surface area (Å²) in [5.74, 6) is 9.64. The topological polar surface area (TPSA) is 114 Å². The maximum absolute atomic E-state index is 11.4. The number of nitrogens with two attached hydrogens (primary N) is 2. The largest absolute Gasteiger partial charge is 0.486 e. The van der Waals surface area contributed by atoms with Crippen LogP contribution < -0.4 is 17.1 Å². The summed E-state index contributed by atoms with van der Waals surface area (Å²) in [5, 5.41) is 8.30. The summed E-state index contributed by atoms with van der Waals surface area (Å²) in [6, 6.07) is 0. The van der Waals surface area contributed by atoms with Crippen LogP contribution in [0.15, 0.2) is 0 Å². The van der Waals surface area contributed by atoms with Crippen molar-refractivity contribution >= 4 is 40.7 Å². The zero-order valence-electron chi connectivity index (χ0n) is 10.2. The van der Waals surface area contributed by atoms with Crippen LogP contribution in [0.3, 0.4) is 0 Å². The van der Waals surface area contributed by atoms with E-state index in [9.17, 15) is 4.79 Å². The molecule has 6 N–H and O–H groups in total. The van der Waals surface area contributed by atoms with Crippen LogP contribution in [0.2, 0.25) is 0 Å². The molecule has 0 aliphatic heterocycles. The Hall–Kier alpha value is -1.03. The van der Waals surface area contributed by atoms with Crippen molar-refractivity contribution in [3.05, 3.63) is 0 Å². The lowest BCUT2D eigenvalue weighted by Crippen LogP contribution is -2.47. The van der Waals surface area contributed by atoms with Crippen molar-refractivity contribution in [2.75, 3.05) is 7.11 Å². The van der Waals surface area contributed by atoms with Gasteiger partial charge in [-0.1, -0.05) is 20.8 Å². The van der Waals surface area contributed by atoms with Gasteiger partial charge in [-0.2, -0.15) is 0 Å². The smallest absolute Gasteiger partial charge is 0.280 e. The van der Waals surface area contributed by atoms with E-state index in [-0.39, 0.29) is 16.3 Å². The molecule has 0 aliphatic rings. The van der Waals surface area contributed by atoms with E-state index >= 15 is 0 Å². The quantitative estimate of drug-likeness (QED) is 0.212. The molecule has 0 rings (SSSR count). The van der Waals surface area contributed by atoms with Crippen LogP contribution >= 0.6 is 24.4 Å². The number of hydrogen-bond donors (Lipinski definition) is 4. The molecule has 0 spiro atoms. The fourth-order valence-corrected chi connectivity index (χ4v) is 0.626. The first-order valence-corrected chi connectivity index (χ1v) is 5.26. The van der Waals surface area contributed by atoms with E-state index in [4.69, 9.17) is 10.9 Å². The highest BCUT2D eigenvalue weighted by molar-refractivity contribution is 7.80. The summed E-state index contributed by atoms with van der Waals surface area (Å²) in [5.41, 5.74) is 1.27. The van der Waals surface area contributed by atoms with Crippen LogP contribution in [0.4, 0.5) is 0 Å². The molecular weight excluding hydrogens is 264 g/mol. The van der Waals surface area contributed by atoms with Crippen molar-refractivity contribution in [1.82, 2.24) is 10.4 Å². The number of thiocarbonyl (C=S) groups is 2. The number of aliphatic hydroxyl groups is 1. The molecule has 0 fully saturated rings. The van der Waals surface area contributed by atoms with Gasteiger partial charge in [0.25, 0.3) is 10.3 Å². The molecule has 0 saturated carbocycles. The normalized spacial score (nSPS) is 9.53. The van der Waals surface area contributed by atoms with Crippen molar-refractivity contribution in [2.24, 2.45) is 17.1 Å². The van der Waals surface area contributed by atoms with Gasteiger partial charge in [-0.25, -0.2) is 16.7 Å². The number of aliphatic hydroxyl groups excluding tert-OH is 1. The Balaban J connectivity index is 0.